The molecule has 0 aromatic heterocycles. The molecule has 0 bridgehead atoms. The van der Waals surface area contributed by atoms with Gasteiger partial charge in [0, 0.05) is 68.0 Å². The Kier molecular flexibility index (Phi) is 10.0. The minimum atomic E-state index is -0.176. The van der Waals surface area contributed by atoms with E-state index in [2.05, 4.69) is 299 Å². The Labute approximate surface area is 422 Å². The third-order valence-electron chi connectivity index (χ3n) is 14.8. The molecule has 3 heterocycles. The zero-order valence-corrected chi connectivity index (χ0v) is 39.5. The maximum Gasteiger partial charge on any atom is 0.328 e. The normalized spacial score (nSPS) is 12.9. The fraction of sp³-hybridized carbons (Fsp3) is 0. The molecule has 0 saturated heterocycles. The molecule has 11 aromatic rings. The molecular formula is C66H46B2N4. The SMILES string of the molecule is c1ccc(B2c3cc4c5c(c3-c3ccccc3N2c2ccccc2)N(c2ccccc2)c2cc(N(c3ccccc3)c3ccccc3)ccc2B5c2ccc(-c3ccccc3)cc2N4c2ccccc2)cc1. The predicted molar refractivity (Wildman–Crippen MR) is 306 cm³/mol. The monoisotopic (exact) mass is 916 g/mol. The first-order valence-electron chi connectivity index (χ1n) is 24.9. The van der Waals surface area contributed by atoms with Gasteiger partial charge in [-0.05, 0) is 124 Å². The van der Waals surface area contributed by atoms with E-state index in [4.69, 9.17) is 0 Å². The Bertz CT molecular complexity index is 3730. The zero-order chi connectivity index (χ0) is 47.5. The quantitative estimate of drug-likeness (QED) is 0.141. The molecule has 336 valence electrons. The van der Waals surface area contributed by atoms with Gasteiger partial charge in [0.2, 0.25) is 0 Å². The third-order valence-corrected chi connectivity index (χ3v) is 14.8. The van der Waals surface area contributed by atoms with E-state index < -0.39 is 0 Å². The summed E-state index contributed by atoms with van der Waals surface area (Å²) in [5.41, 5.74) is 23.6. The van der Waals surface area contributed by atoms with E-state index in [0.29, 0.717) is 0 Å². The van der Waals surface area contributed by atoms with Crippen LogP contribution < -0.4 is 46.8 Å². The second kappa shape index (κ2) is 17.3. The van der Waals surface area contributed by atoms with Gasteiger partial charge >= 0.3 is 6.85 Å². The highest BCUT2D eigenvalue weighted by molar-refractivity contribution is 7.01. The Morgan fingerprint density at radius 2 is 0.819 bits per heavy atom. The highest BCUT2D eigenvalue weighted by Crippen LogP contribution is 2.52. The van der Waals surface area contributed by atoms with Gasteiger partial charge in [0.15, 0.2) is 0 Å². The summed E-state index contributed by atoms with van der Waals surface area (Å²) in [6.45, 7) is -0.286. The van der Waals surface area contributed by atoms with Crippen molar-refractivity contribution in [2.24, 2.45) is 0 Å². The number of benzene rings is 11. The van der Waals surface area contributed by atoms with Crippen molar-refractivity contribution >= 4 is 103 Å². The molecule has 0 unspecified atom stereocenters. The van der Waals surface area contributed by atoms with E-state index in [-0.39, 0.29) is 13.6 Å². The Morgan fingerprint density at radius 3 is 1.44 bits per heavy atom. The molecule has 4 nitrogen and oxygen atoms in total. The van der Waals surface area contributed by atoms with Crippen LogP contribution in [0.1, 0.15) is 0 Å². The van der Waals surface area contributed by atoms with Crippen LogP contribution in [0, 0.1) is 0 Å². The fourth-order valence-corrected chi connectivity index (χ4v) is 11.8. The lowest BCUT2D eigenvalue weighted by atomic mass is 9.32. The summed E-state index contributed by atoms with van der Waals surface area (Å²) in [6, 6.07) is 103. The number of rotatable bonds is 8. The van der Waals surface area contributed by atoms with Gasteiger partial charge in [0.1, 0.15) is 0 Å². The first kappa shape index (κ1) is 41.7. The van der Waals surface area contributed by atoms with E-state index in [1.165, 1.54) is 72.3 Å². The first-order chi connectivity index (χ1) is 35.8. The average Bonchev–Trinajstić information content (AvgIpc) is 3.46. The lowest BCUT2D eigenvalue weighted by Crippen LogP contribution is -2.64. The lowest BCUT2D eigenvalue weighted by Gasteiger charge is -2.48. The van der Waals surface area contributed by atoms with Crippen LogP contribution in [-0.4, -0.2) is 13.6 Å². The highest BCUT2D eigenvalue weighted by Gasteiger charge is 2.48. The van der Waals surface area contributed by atoms with E-state index in [1.54, 1.807) is 0 Å². The zero-order valence-electron chi connectivity index (χ0n) is 39.5. The van der Waals surface area contributed by atoms with Gasteiger partial charge in [0.25, 0.3) is 6.71 Å². The molecule has 0 spiro atoms. The van der Waals surface area contributed by atoms with Gasteiger partial charge in [-0.3, -0.25) is 0 Å². The standard InChI is InChI=1S/C66H46B2N4/c1-8-24-47(25-9-1)48-40-42-57-61(44-48)70(52-32-16-5-17-33-52)63-46-59-64(56-38-22-23-39-60(56)72(54-36-20-7-21-37-54)68(59)49-26-10-2-11-27-49)66-65(63)67(57)58-43-41-55(45-62(58)71(66)53-34-18-6-19-35-53)69(50-28-12-3-13-29-50)51-30-14-4-15-31-51/h1-46H. The molecule has 72 heavy (non-hydrogen) atoms. The molecule has 0 aliphatic carbocycles. The van der Waals surface area contributed by atoms with Crippen LogP contribution in [0.15, 0.2) is 279 Å². The van der Waals surface area contributed by atoms with Gasteiger partial charge in [-0.2, -0.15) is 0 Å². The minimum Gasteiger partial charge on any atom is -0.376 e. The Balaban J connectivity index is 1.14. The highest BCUT2D eigenvalue weighted by atomic mass is 15.2. The van der Waals surface area contributed by atoms with Crippen LogP contribution in [0.2, 0.25) is 0 Å². The second-order valence-corrected chi connectivity index (χ2v) is 18.8. The van der Waals surface area contributed by atoms with Crippen molar-refractivity contribution in [3.8, 4) is 22.3 Å². The summed E-state index contributed by atoms with van der Waals surface area (Å²) in [5, 5.41) is 0. The lowest BCUT2D eigenvalue weighted by molar-refractivity contribution is 1.24. The van der Waals surface area contributed by atoms with Gasteiger partial charge in [-0.15, -0.1) is 0 Å². The number of hydrogen-bond acceptors (Lipinski definition) is 4. The molecule has 11 aromatic carbocycles. The number of fused-ring (bicyclic) bond motifs is 8. The molecule has 0 amide bonds. The maximum absolute atomic E-state index is 2.60. The first-order valence-corrected chi connectivity index (χ1v) is 24.9. The largest absolute Gasteiger partial charge is 0.376 e. The summed E-state index contributed by atoms with van der Waals surface area (Å²) in [7, 11) is 0. The molecular weight excluding hydrogens is 870 g/mol. The smallest absolute Gasteiger partial charge is 0.328 e. The molecule has 0 atom stereocenters. The molecule has 0 radical (unpaired) electrons. The predicted octanol–water partition coefficient (Wildman–Crippen LogP) is 13.8. The topological polar surface area (TPSA) is 13.0 Å². The number of hydrogen-bond donors (Lipinski definition) is 0. The van der Waals surface area contributed by atoms with Crippen molar-refractivity contribution in [2.45, 2.75) is 0 Å². The minimum absolute atomic E-state index is 0.111. The molecule has 3 aliphatic rings. The molecule has 0 N–H and O–H groups in total. The van der Waals surface area contributed by atoms with E-state index >= 15 is 0 Å². The summed E-state index contributed by atoms with van der Waals surface area (Å²) < 4.78 is 0. The van der Waals surface area contributed by atoms with E-state index in [9.17, 15) is 0 Å². The van der Waals surface area contributed by atoms with Crippen molar-refractivity contribution < 1.29 is 0 Å². The van der Waals surface area contributed by atoms with Crippen LogP contribution in [0.5, 0.6) is 0 Å². The summed E-state index contributed by atoms with van der Waals surface area (Å²) >= 11 is 0. The maximum atomic E-state index is 2.60. The number of nitrogens with zero attached hydrogens (tertiary/aromatic N) is 4. The van der Waals surface area contributed by atoms with Crippen molar-refractivity contribution in [3.63, 3.8) is 0 Å². The molecule has 3 aliphatic heterocycles. The van der Waals surface area contributed by atoms with Crippen LogP contribution >= 0.6 is 0 Å². The molecule has 6 heteroatoms. The molecule has 0 saturated carbocycles. The van der Waals surface area contributed by atoms with Crippen molar-refractivity contribution in [1.29, 1.82) is 0 Å². The summed E-state index contributed by atoms with van der Waals surface area (Å²) in [5.74, 6) is 0. The van der Waals surface area contributed by atoms with Crippen molar-refractivity contribution in [2.75, 3.05) is 19.5 Å². The second-order valence-electron chi connectivity index (χ2n) is 18.8. The van der Waals surface area contributed by atoms with Crippen LogP contribution in [0.25, 0.3) is 22.3 Å². The third kappa shape index (κ3) is 6.71. The Hall–Kier alpha value is -9.25. The summed E-state index contributed by atoms with van der Waals surface area (Å²) in [4.78, 5) is 10.1. The Morgan fingerprint density at radius 1 is 0.319 bits per heavy atom. The fourth-order valence-electron chi connectivity index (χ4n) is 11.8. The van der Waals surface area contributed by atoms with E-state index in [1.807, 2.05) is 0 Å². The van der Waals surface area contributed by atoms with Crippen molar-refractivity contribution in [3.05, 3.63) is 279 Å². The number of anilines is 11. The van der Waals surface area contributed by atoms with Gasteiger partial charge in [-0.25, -0.2) is 0 Å². The van der Waals surface area contributed by atoms with Crippen LogP contribution in [0.3, 0.4) is 0 Å². The van der Waals surface area contributed by atoms with Crippen LogP contribution in [-0.2, 0) is 0 Å². The molecule has 14 rings (SSSR count). The summed E-state index contributed by atoms with van der Waals surface area (Å²) in [6.07, 6.45) is 0. The number of para-hydroxylation sites is 6. The van der Waals surface area contributed by atoms with Crippen LogP contribution in [0.4, 0.5) is 62.6 Å². The van der Waals surface area contributed by atoms with E-state index in [0.717, 1.165) is 39.8 Å². The molecule has 0 fully saturated rings. The van der Waals surface area contributed by atoms with Gasteiger partial charge in [0.05, 0.1) is 5.69 Å². The average molecular weight is 917 g/mol. The van der Waals surface area contributed by atoms with Crippen molar-refractivity contribution in [1.82, 2.24) is 0 Å². The van der Waals surface area contributed by atoms with Gasteiger partial charge < -0.3 is 19.5 Å². The van der Waals surface area contributed by atoms with Gasteiger partial charge in [-0.1, -0.05) is 194 Å².